The van der Waals surface area contributed by atoms with Crippen molar-refractivity contribution < 1.29 is 14.3 Å². The van der Waals surface area contributed by atoms with E-state index in [1.807, 2.05) is 37.3 Å². The van der Waals surface area contributed by atoms with E-state index >= 15 is 0 Å². The highest BCUT2D eigenvalue weighted by molar-refractivity contribution is 5.81. The second-order valence-electron chi connectivity index (χ2n) is 6.49. The Labute approximate surface area is 154 Å². The van der Waals surface area contributed by atoms with Crippen molar-refractivity contribution in [2.24, 2.45) is 0 Å². The van der Waals surface area contributed by atoms with Gasteiger partial charge in [-0.05, 0) is 43.7 Å². The maximum Gasteiger partial charge on any atom is 0.261 e. The Morgan fingerprint density at radius 1 is 1.04 bits per heavy atom. The highest BCUT2D eigenvalue weighted by atomic mass is 16.5. The van der Waals surface area contributed by atoms with E-state index in [-0.39, 0.29) is 11.9 Å². The first-order valence-corrected chi connectivity index (χ1v) is 9.08. The van der Waals surface area contributed by atoms with Crippen LogP contribution in [0.25, 0.3) is 0 Å². The van der Waals surface area contributed by atoms with Crippen molar-refractivity contribution in [2.45, 2.75) is 26.0 Å². The second-order valence-corrected chi connectivity index (χ2v) is 6.49. The molecule has 1 fully saturated rings. The molecule has 2 aromatic rings. The van der Waals surface area contributed by atoms with Gasteiger partial charge < -0.3 is 19.7 Å². The molecule has 1 aliphatic heterocycles. The van der Waals surface area contributed by atoms with E-state index in [0.29, 0.717) is 5.75 Å². The van der Waals surface area contributed by atoms with Gasteiger partial charge in [0, 0.05) is 18.8 Å². The minimum Gasteiger partial charge on any atom is -0.481 e. The Bertz CT molecular complexity index is 697. The van der Waals surface area contributed by atoms with Gasteiger partial charge in [-0.15, -0.1) is 0 Å². The fourth-order valence-electron chi connectivity index (χ4n) is 2.97. The van der Waals surface area contributed by atoms with E-state index in [9.17, 15) is 4.79 Å². The number of hydrogen-bond acceptors (Lipinski definition) is 4. The lowest BCUT2D eigenvalue weighted by molar-refractivity contribution is -0.127. The summed E-state index contributed by atoms with van der Waals surface area (Å²) in [5.41, 5.74) is 2.26. The van der Waals surface area contributed by atoms with Crippen molar-refractivity contribution in [1.29, 1.82) is 0 Å². The molecule has 5 heteroatoms. The highest BCUT2D eigenvalue weighted by Crippen LogP contribution is 2.20. The molecule has 1 aliphatic rings. The van der Waals surface area contributed by atoms with E-state index in [2.05, 4.69) is 34.5 Å². The third-order valence-corrected chi connectivity index (χ3v) is 4.55. The quantitative estimate of drug-likeness (QED) is 0.866. The van der Waals surface area contributed by atoms with Crippen molar-refractivity contribution in [3.05, 3.63) is 60.2 Å². The third kappa shape index (κ3) is 4.76. The second kappa shape index (κ2) is 8.72. The molecular formula is C21H26N2O3. The average molecular weight is 354 g/mol. The number of rotatable bonds is 6. The number of nitrogens with zero attached hydrogens (tertiary/aromatic N) is 1. The van der Waals surface area contributed by atoms with Gasteiger partial charge in [-0.1, -0.05) is 30.3 Å². The molecule has 0 aliphatic carbocycles. The Hall–Kier alpha value is -2.53. The lowest BCUT2D eigenvalue weighted by atomic mass is 10.1. The van der Waals surface area contributed by atoms with Crippen LogP contribution < -0.4 is 15.0 Å². The van der Waals surface area contributed by atoms with Gasteiger partial charge in [-0.3, -0.25) is 4.79 Å². The molecule has 0 aromatic heterocycles. The zero-order chi connectivity index (χ0) is 18.4. The van der Waals surface area contributed by atoms with Crippen LogP contribution in [0.15, 0.2) is 54.6 Å². The number of para-hydroxylation sites is 1. The third-order valence-electron chi connectivity index (χ3n) is 4.55. The van der Waals surface area contributed by atoms with Gasteiger partial charge in [0.15, 0.2) is 6.10 Å². The number of carbonyl (C=O) groups excluding carboxylic acids is 1. The normalized spacial score (nSPS) is 16.6. The van der Waals surface area contributed by atoms with Crippen molar-refractivity contribution in [2.75, 3.05) is 31.2 Å². The van der Waals surface area contributed by atoms with Crippen LogP contribution in [-0.2, 0) is 9.53 Å². The van der Waals surface area contributed by atoms with Crippen molar-refractivity contribution in [3.8, 4) is 5.75 Å². The van der Waals surface area contributed by atoms with Gasteiger partial charge in [0.2, 0.25) is 0 Å². The van der Waals surface area contributed by atoms with Gasteiger partial charge in [0.05, 0.1) is 19.3 Å². The van der Waals surface area contributed by atoms with Crippen molar-refractivity contribution in [3.63, 3.8) is 0 Å². The van der Waals surface area contributed by atoms with E-state index < -0.39 is 6.10 Å². The van der Waals surface area contributed by atoms with Crippen LogP contribution in [0.5, 0.6) is 5.75 Å². The molecule has 0 unspecified atom stereocenters. The summed E-state index contributed by atoms with van der Waals surface area (Å²) in [7, 11) is 0. The molecule has 1 heterocycles. The molecule has 2 aromatic carbocycles. The standard InChI is InChI=1S/C21H26N2O3/c1-16(22-21(24)17(2)26-20-6-4-3-5-7-20)18-8-10-19(11-9-18)23-12-14-25-15-13-23/h3-11,16-17H,12-15H2,1-2H3,(H,22,24)/t16-,17+/m1/s1. The molecule has 1 N–H and O–H groups in total. The average Bonchev–Trinajstić information content (AvgIpc) is 2.69. The molecule has 1 amide bonds. The maximum atomic E-state index is 12.4. The van der Waals surface area contributed by atoms with Crippen LogP contribution in [0.1, 0.15) is 25.5 Å². The number of ether oxygens (including phenoxy) is 2. The maximum absolute atomic E-state index is 12.4. The summed E-state index contributed by atoms with van der Waals surface area (Å²) >= 11 is 0. The zero-order valence-corrected chi connectivity index (χ0v) is 15.4. The summed E-state index contributed by atoms with van der Waals surface area (Å²) in [5.74, 6) is 0.566. The van der Waals surface area contributed by atoms with E-state index in [1.54, 1.807) is 6.92 Å². The number of carbonyl (C=O) groups is 1. The molecule has 0 radical (unpaired) electrons. The van der Waals surface area contributed by atoms with Gasteiger partial charge in [-0.25, -0.2) is 0 Å². The summed E-state index contributed by atoms with van der Waals surface area (Å²) in [6.07, 6.45) is -0.549. The minimum absolute atomic E-state index is 0.0805. The van der Waals surface area contributed by atoms with Gasteiger partial charge >= 0.3 is 0 Å². The first kappa shape index (κ1) is 18.3. The smallest absolute Gasteiger partial charge is 0.261 e. The SMILES string of the molecule is C[C@H](Oc1ccccc1)C(=O)N[C@H](C)c1ccc(N2CCOCC2)cc1. The number of hydrogen-bond donors (Lipinski definition) is 1. The van der Waals surface area contributed by atoms with E-state index in [4.69, 9.17) is 9.47 Å². The van der Waals surface area contributed by atoms with Crippen LogP contribution >= 0.6 is 0 Å². The van der Waals surface area contributed by atoms with Gasteiger partial charge in [0.25, 0.3) is 5.91 Å². The molecular weight excluding hydrogens is 328 g/mol. The minimum atomic E-state index is -0.549. The molecule has 3 rings (SSSR count). The van der Waals surface area contributed by atoms with E-state index in [1.165, 1.54) is 5.69 Å². The monoisotopic (exact) mass is 354 g/mol. The number of benzene rings is 2. The number of morpholine rings is 1. The van der Waals surface area contributed by atoms with Gasteiger partial charge in [-0.2, -0.15) is 0 Å². The van der Waals surface area contributed by atoms with Crippen molar-refractivity contribution in [1.82, 2.24) is 5.32 Å². The number of anilines is 1. The fraction of sp³-hybridized carbons (Fsp3) is 0.381. The Morgan fingerprint density at radius 3 is 2.35 bits per heavy atom. The highest BCUT2D eigenvalue weighted by Gasteiger charge is 2.18. The lowest BCUT2D eigenvalue weighted by Crippen LogP contribution is -2.38. The molecule has 0 spiro atoms. The predicted octanol–water partition coefficient (Wildman–Crippen LogP) is 3.17. The Balaban J connectivity index is 1.55. The lowest BCUT2D eigenvalue weighted by Gasteiger charge is -2.29. The summed E-state index contributed by atoms with van der Waals surface area (Å²) in [6, 6.07) is 17.6. The molecule has 0 saturated carbocycles. The summed E-state index contributed by atoms with van der Waals surface area (Å²) in [6.45, 7) is 7.12. The summed E-state index contributed by atoms with van der Waals surface area (Å²) in [4.78, 5) is 14.7. The predicted molar refractivity (Wildman–Crippen MR) is 103 cm³/mol. The van der Waals surface area contributed by atoms with Crippen LogP contribution in [0.4, 0.5) is 5.69 Å². The zero-order valence-electron chi connectivity index (χ0n) is 15.4. The molecule has 0 bridgehead atoms. The first-order chi connectivity index (χ1) is 12.6. The number of amides is 1. The Morgan fingerprint density at radius 2 is 1.69 bits per heavy atom. The van der Waals surface area contributed by atoms with Gasteiger partial charge in [0.1, 0.15) is 5.75 Å². The molecule has 1 saturated heterocycles. The van der Waals surface area contributed by atoms with Crippen molar-refractivity contribution >= 4 is 11.6 Å². The summed E-state index contributed by atoms with van der Waals surface area (Å²) in [5, 5.41) is 3.02. The molecule has 2 atom stereocenters. The Kier molecular flexibility index (Phi) is 6.12. The number of nitrogens with one attached hydrogen (secondary N) is 1. The van der Waals surface area contributed by atoms with Crippen LogP contribution in [0, 0.1) is 0 Å². The van der Waals surface area contributed by atoms with Crippen LogP contribution in [-0.4, -0.2) is 38.3 Å². The van der Waals surface area contributed by atoms with Crippen LogP contribution in [0.3, 0.4) is 0 Å². The molecule has 5 nitrogen and oxygen atoms in total. The largest absolute Gasteiger partial charge is 0.481 e. The first-order valence-electron chi connectivity index (χ1n) is 9.08. The van der Waals surface area contributed by atoms with E-state index in [0.717, 1.165) is 31.9 Å². The molecule has 138 valence electrons. The fourth-order valence-corrected chi connectivity index (χ4v) is 2.97. The van der Waals surface area contributed by atoms with Crippen LogP contribution in [0.2, 0.25) is 0 Å². The molecule has 26 heavy (non-hydrogen) atoms. The topological polar surface area (TPSA) is 50.8 Å². The summed E-state index contributed by atoms with van der Waals surface area (Å²) < 4.78 is 11.1.